The normalized spacial score (nSPS) is 9.88. The van der Waals surface area contributed by atoms with Crippen molar-refractivity contribution in [3.05, 3.63) is 47.9 Å². The SMILES string of the molecule is N#CCc1cc(-c2ccccc2F)cnc1N. The second kappa shape index (κ2) is 4.62. The Kier molecular flexibility index (Phi) is 3.01. The van der Waals surface area contributed by atoms with Crippen LogP contribution in [-0.4, -0.2) is 4.98 Å². The molecule has 0 atom stereocenters. The Bertz CT molecular complexity index is 587. The first-order chi connectivity index (χ1) is 8.22. The smallest absolute Gasteiger partial charge is 0.131 e. The van der Waals surface area contributed by atoms with Crippen LogP contribution in [0.2, 0.25) is 0 Å². The van der Waals surface area contributed by atoms with Crippen molar-refractivity contribution in [1.29, 1.82) is 5.26 Å². The van der Waals surface area contributed by atoms with Crippen LogP contribution in [0.5, 0.6) is 0 Å². The largest absolute Gasteiger partial charge is 0.383 e. The van der Waals surface area contributed by atoms with Gasteiger partial charge in [-0.2, -0.15) is 5.26 Å². The minimum Gasteiger partial charge on any atom is -0.383 e. The average molecular weight is 227 g/mol. The highest BCUT2D eigenvalue weighted by Crippen LogP contribution is 2.24. The average Bonchev–Trinajstić information content (AvgIpc) is 2.33. The van der Waals surface area contributed by atoms with Crippen LogP contribution in [-0.2, 0) is 6.42 Å². The molecule has 2 aromatic rings. The van der Waals surface area contributed by atoms with E-state index in [-0.39, 0.29) is 12.2 Å². The van der Waals surface area contributed by atoms with Gasteiger partial charge in [-0.25, -0.2) is 9.37 Å². The summed E-state index contributed by atoms with van der Waals surface area (Å²) < 4.78 is 13.6. The molecule has 2 rings (SSSR count). The number of pyridine rings is 1. The standard InChI is InChI=1S/C13H10FN3/c14-12-4-2-1-3-11(12)10-7-9(5-6-15)13(16)17-8-10/h1-4,7-8H,5H2,(H2,16,17). The molecule has 17 heavy (non-hydrogen) atoms. The van der Waals surface area contributed by atoms with Gasteiger partial charge in [-0.05, 0) is 12.1 Å². The number of hydrogen-bond acceptors (Lipinski definition) is 3. The van der Waals surface area contributed by atoms with Crippen LogP contribution in [0.4, 0.5) is 10.2 Å². The summed E-state index contributed by atoms with van der Waals surface area (Å²) in [5.74, 6) is -0.00591. The predicted molar refractivity (Wildman–Crippen MR) is 63.4 cm³/mol. The molecule has 0 spiro atoms. The fraction of sp³-hybridized carbons (Fsp3) is 0.0769. The van der Waals surface area contributed by atoms with Crippen molar-refractivity contribution in [3.8, 4) is 17.2 Å². The van der Waals surface area contributed by atoms with Gasteiger partial charge >= 0.3 is 0 Å². The fourth-order valence-corrected chi connectivity index (χ4v) is 1.59. The van der Waals surface area contributed by atoms with Crippen molar-refractivity contribution in [2.24, 2.45) is 0 Å². The van der Waals surface area contributed by atoms with Gasteiger partial charge in [0.15, 0.2) is 0 Å². The molecule has 0 unspecified atom stereocenters. The predicted octanol–water partition coefficient (Wildman–Crippen LogP) is 2.54. The maximum atomic E-state index is 13.6. The zero-order valence-electron chi connectivity index (χ0n) is 9.02. The highest BCUT2D eigenvalue weighted by molar-refractivity contribution is 5.66. The Morgan fingerprint density at radius 3 is 2.82 bits per heavy atom. The molecule has 0 aliphatic carbocycles. The summed E-state index contributed by atoms with van der Waals surface area (Å²) in [6.45, 7) is 0. The lowest BCUT2D eigenvalue weighted by Gasteiger charge is -2.06. The van der Waals surface area contributed by atoms with Gasteiger partial charge in [0, 0.05) is 22.9 Å². The Morgan fingerprint density at radius 1 is 1.35 bits per heavy atom. The van der Waals surface area contributed by atoms with Crippen LogP contribution in [0.1, 0.15) is 5.56 Å². The van der Waals surface area contributed by atoms with E-state index in [1.165, 1.54) is 12.3 Å². The number of hydrogen-bond donors (Lipinski definition) is 1. The molecule has 2 N–H and O–H groups in total. The summed E-state index contributed by atoms with van der Waals surface area (Å²) >= 11 is 0. The molecule has 84 valence electrons. The third kappa shape index (κ3) is 2.23. The van der Waals surface area contributed by atoms with Gasteiger partial charge in [0.05, 0.1) is 12.5 Å². The van der Waals surface area contributed by atoms with Crippen LogP contribution >= 0.6 is 0 Å². The first kappa shape index (κ1) is 11.1. The molecule has 0 amide bonds. The van der Waals surface area contributed by atoms with Crippen LogP contribution in [0.15, 0.2) is 36.5 Å². The van der Waals surface area contributed by atoms with E-state index < -0.39 is 0 Å². The van der Waals surface area contributed by atoms with Gasteiger partial charge in [-0.1, -0.05) is 18.2 Å². The molecule has 1 heterocycles. The Balaban J connectivity index is 2.51. The van der Waals surface area contributed by atoms with Crippen LogP contribution in [0, 0.1) is 17.1 Å². The number of benzene rings is 1. The quantitative estimate of drug-likeness (QED) is 0.857. The lowest BCUT2D eigenvalue weighted by Crippen LogP contribution is -1.98. The van der Waals surface area contributed by atoms with Crippen LogP contribution in [0.25, 0.3) is 11.1 Å². The van der Waals surface area contributed by atoms with Gasteiger partial charge in [0.1, 0.15) is 11.6 Å². The monoisotopic (exact) mass is 227 g/mol. The maximum absolute atomic E-state index is 13.6. The maximum Gasteiger partial charge on any atom is 0.131 e. The topological polar surface area (TPSA) is 62.7 Å². The second-order valence-corrected chi connectivity index (χ2v) is 3.58. The Morgan fingerprint density at radius 2 is 2.12 bits per heavy atom. The highest BCUT2D eigenvalue weighted by atomic mass is 19.1. The molecular weight excluding hydrogens is 217 g/mol. The molecule has 4 heteroatoms. The minimum absolute atomic E-state index is 0.168. The molecule has 3 nitrogen and oxygen atoms in total. The summed E-state index contributed by atoms with van der Waals surface area (Å²) in [5.41, 5.74) is 7.34. The molecular formula is C13H10FN3. The molecule has 0 fully saturated rings. The second-order valence-electron chi connectivity index (χ2n) is 3.58. The summed E-state index contributed by atoms with van der Waals surface area (Å²) in [5, 5.41) is 8.65. The molecule has 0 saturated carbocycles. The highest BCUT2D eigenvalue weighted by Gasteiger charge is 2.07. The molecule has 0 aliphatic rings. The number of anilines is 1. The third-order valence-electron chi connectivity index (χ3n) is 2.46. The number of nitrogen functional groups attached to an aromatic ring is 1. The van der Waals surface area contributed by atoms with Crippen molar-refractivity contribution >= 4 is 5.82 Å². The van der Waals surface area contributed by atoms with Gasteiger partial charge in [-0.15, -0.1) is 0 Å². The van der Waals surface area contributed by atoms with Gasteiger partial charge in [0.2, 0.25) is 0 Å². The number of nitrogens with zero attached hydrogens (tertiary/aromatic N) is 2. The van der Waals surface area contributed by atoms with Crippen LogP contribution < -0.4 is 5.73 Å². The van der Waals surface area contributed by atoms with Gasteiger partial charge < -0.3 is 5.73 Å². The number of halogens is 1. The first-order valence-electron chi connectivity index (χ1n) is 5.08. The van der Waals surface area contributed by atoms with E-state index in [0.29, 0.717) is 22.5 Å². The summed E-state index contributed by atoms with van der Waals surface area (Å²) in [7, 11) is 0. The molecule has 0 bridgehead atoms. The van der Waals surface area contributed by atoms with E-state index in [0.717, 1.165) is 0 Å². The lowest BCUT2D eigenvalue weighted by atomic mass is 10.0. The first-order valence-corrected chi connectivity index (χ1v) is 5.08. The van der Waals surface area contributed by atoms with E-state index in [2.05, 4.69) is 4.98 Å². The zero-order chi connectivity index (χ0) is 12.3. The number of nitrogens with two attached hydrogens (primary N) is 1. The van der Waals surface area contributed by atoms with Crippen molar-refractivity contribution in [3.63, 3.8) is 0 Å². The summed E-state index contributed by atoms with van der Waals surface area (Å²) in [6.07, 6.45) is 1.68. The molecule has 1 aromatic heterocycles. The lowest BCUT2D eigenvalue weighted by molar-refractivity contribution is 0.631. The summed E-state index contributed by atoms with van der Waals surface area (Å²) in [6, 6.07) is 10.1. The van der Waals surface area contributed by atoms with Crippen molar-refractivity contribution in [1.82, 2.24) is 4.98 Å². The minimum atomic E-state index is -0.318. The number of rotatable bonds is 2. The number of nitriles is 1. The van der Waals surface area contributed by atoms with Gasteiger partial charge in [0.25, 0.3) is 0 Å². The van der Waals surface area contributed by atoms with Gasteiger partial charge in [-0.3, -0.25) is 0 Å². The Hall–Kier alpha value is -2.41. The third-order valence-corrected chi connectivity index (χ3v) is 2.46. The summed E-state index contributed by atoms with van der Waals surface area (Å²) in [4.78, 5) is 3.98. The van der Waals surface area contributed by atoms with E-state index in [1.54, 1.807) is 24.3 Å². The molecule has 0 aliphatic heterocycles. The molecule has 1 aromatic carbocycles. The zero-order valence-corrected chi connectivity index (χ0v) is 9.02. The molecule has 0 radical (unpaired) electrons. The number of aromatic nitrogens is 1. The van der Waals surface area contributed by atoms with E-state index in [1.807, 2.05) is 6.07 Å². The van der Waals surface area contributed by atoms with E-state index in [9.17, 15) is 4.39 Å². The van der Waals surface area contributed by atoms with E-state index >= 15 is 0 Å². The van der Waals surface area contributed by atoms with Crippen molar-refractivity contribution in [2.45, 2.75) is 6.42 Å². The fourth-order valence-electron chi connectivity index (χ4n) is 1.59. The van der Waals surface area contributed by atoms with Crippen molar-refractivity contribution < 1.29 is 4.39 Å². The Labute approximate surface area is 98.3 Å². The van der Waals surface area contributed by atoms with E-state index in [4.69, 9.17) is 11.0 Å². The molecule has 0 saturated heterocycles. The van der Waals surface area contributed by atoms with Crippen LogP contribution in [0.3, 0.4) is 0 Å². The van der Waals surface area contributed by atoms with Crippen molar-refractivity contribution in [2.75, 3.05) is 5.73 Å².